The van der Waals surface area contributed by atoms with Gasteiger partial charge in [0.25, 0.3) is 0 Å². The van der Waals surface area contributed by atoms with Crippen molar-refractivity contribution < 1.29 is 38.4 Å². The molecule has 12 heteroatoms. The lowest BCUT2D eigenvalue weighted by Gasteiger charge is -2.13. The number of carbonyl (C=O) groups is 3. The van der Waals surface area contributed by atoms with Crippen LogP contribution in [0.1, 0.15) is 58.3 Å². The van der Waals surface area contributed by atoms with Crippen molar-refractivity contribution in [2.75, 3.05) is 58.2 Å². The number of hydrogen-bond donors (Lipinski definition) is 3. The molecule has 0 aliphatic heterocycles. The van der Waals surface area contributed by atoms with E-state index >= 15 is 0 Å². The second-order valence-corrected chi connectivity index (χ2v) is 9.99. The molecule has 0 aliphatic rings. The van der Waals surface area contributed by atoms with Crippen LogP contribution in [0.25, 0.3) is 0 Å². The van der Waals surface area contributed by atoms with Crippen molar-refractivity contribution in [1.82, 2.24) is 10.6 Å². The Labute approximate surface area is 211 Å². The minimum absolute atomic E-state index is 0.257. The number of carboxylic acid groups (broad SMARTS) is 1. The number of nitrogens with one attached hydrogen (secondary N) is 2. The van der Waals surface area contributed by atoms with E-state index < -0.39 is 24.2 Å². The topological polar surface area (TPSA) is 132 Å². The van der Waals surface area contributed by atoms with Gasteiger partial charge in [-0.15, -0.1) is 0 Å². The molecule has 1 atom stereocenters. The summed E-state index contributed by atoms with van der Waals surface area (Å²) in [6.45, 7) is 5.42. The molecule has 0 saturated carbocycles. The van der Waals surface area contributed by atoms with Gasteiger partial charge in [0.2, 0.25) is 0 Å². The predicted molar refractivity (Wildman–Crippen MR) is 135 cm³/mol. The first kappa shape index (κ1) is 32.6. The van der Waals surface area contributed by atoms with Gasteiger partial charge in [0.1, 0.15) is 6.04 Å². The third-order valence-electron chi connectivity index (χ3n) is 4.48. The van der Waals surface area contributed by atoms with E-state index in [1.807, 2.05) is 6.26 Å². The number of carbonyl (C=O) groups excluding carboxylic acids is 2. The molecule has 0 rings (SSSR count). The quantitative estimate of drug-likeness (QED) is 0.132. The van der Waals surface area contributed by atoms with Crippen LogP contribution < -0.4 is 10.6 Å². The van der Waals surface area contributed by atoms with Crippen LogP contribution in [0.3, 0.4) is 0 Å². The van der Waals surface area contributed by atoms with Gasteiger partial charge < -0.3 is 34.7 Å². The molecule has 0 radical (unpaired) electrons. The lowest BCUT2D eigenvalue weighted by Crippen LogP contribution is -2.42. The lowest BCUT2D eigenvalue weighted by atomic mass is 10.1. The van der Waals surface area contributed by atoms with Gasteiger partial charge in [0.05, 0.1) is 33.0 Å². The number of amides is 2. The fourth-order valence-electron chi connectivity index (χ4n) is 2.58. The minimum Gasteiger partial charge on any atom is -0.480 e. The van der Waals surface area contributed by atoms with Crippen molar-refractivity contribution in [2.45, 2.75) is 64.3 Å². The second-order valence-electron chi connectivity index (χ2n) is 7.38. The Morgan fingerprint density at radius 3 is 1.97 bits per heavy atom. The minimum atomic E-state index is -1.08. The predicted octanol–water partition coefficient (Wildman–Crippen LogP) is 4.08. The third kappa shape index (κ3) is 22.4. The Morgan fingerprint density at radius 2 is 1.38 bits per heavy atom. The van der Waals surface area contributed by atoms with Gasteiger partial charge in [-0.05, 0) is 25.5 Å². The Balaban J connectivity index is 3.43. The van der Waals surface area contributed by atoms with Crippen LogP contribution >= 0.6 is 21.6 Å². The highest BCUT2D eigenvalue weighted by Crippen LogP contribution is 2.17. The highest BCUT2D eigenvalue weighted by Gasteiger charge is 2.20. The van der Waals surface area contributed by atoms with Gasteiger partial charge in [-0.1, -0.05) is 60.6 Å². The van der Waals surface area contributed by atoms with Crippen LogP contribution in [0.4, 0.5) is 9.59 Å². The molecule has 0 bridgehead atoms. The van der Waals surface area contributed by atoms with Gasteiger partial charge in [-0.25, -0.2) is 14.4 Å². The lowest BCUT2D eigenvalue weighted by molar-refractivity contribution is -0.138. The SMILES string of the molecule is CCCCOCCOCCNC(=O)OCCCCCCCCOC(=O)NC(CSSC)C(=O)O. The van der Waals surface area contributed by atoms with Crippen molar-refractivity contribution in [1.29, 1.82) is 0 Å². The Bertz CT molecular complexity index is 529. The summed E-state index contributed by atoms with van der Waals surface area (Å²) in [7, 11) is 2.81. The third-order valence-corrected chi connectivity index (χ3v) is 6.30. The van der Waals surface area contributed by atoms with Crippen LogP contribution in [0.2, 0.25) is 0 Å². The van der Waals surface area contributed by atoms with E-state index in [4.69, 9.17) is 24.1 Å². The fraction of sp³-hybridized carbons (Fsp3) is 0.864. The first-order valence-corrected chi connectivity index (χ1v) is 14.6. The molecule has 1 unspecified atom stereocenters. The maximum atomic E-state index is 11.7. The smallest absolute Gasteiger partial charge is 0.407 e. The van der Waals surface area contributed by atoms with E-state index in [1.54, 1.807) is 0 Å². The van der Waals surface area contributed by atoms with Gasteiger partial charge in [-0.2, -0.15) is 0 Å². The molecule has 2 amide bonds. The Hall–Kier alpha value is -1.37. The molecule has 0 heterocycles. The molecule has 200 valence electrons. The zero-order chi connectivity index (χ0) is 25.3. The number of hydrogen-bond acceptors (Lipinski definition) is 9. The summed E-state index contributed by atoms with van der Waals surface area (Å²) in [5, 5.41) is 14.1. The highest BCUT2D eigenvalue weighted by atomic mass is 33.1. The number of alkyl carbamates (subject to hydrolysis) is 2. The van der Waals surface area contributed by atoms with Gasteiger partial charge in [0.15, 0.2) is 0 Å². The summed E-state index contributed by atoms with van der Waals surface area (Å²) in [6, 6.07) is -0.956. The summed E-state index contributed by atoms with van der Waals surface area (Å²) < 4.78 is 20.9. The summed E-state index contributed by atoms with van der Waals surface area (Å²) in [6.07, 6.45) is 8.22. The number of ether oxygens (including phenoxy) is 4. The molecular weight excluding hydrogens is 484 g/mol. The molecule has 10 nitrogen and oxygen atoms in total. The van der Waals surface area contributed by atoms with Crippen molar-refractivity contribution >= 4 is 39.7 Å². The highest BCUT2D eigenvalue weighted by molar-refractivity contribution is 8.76. The van der Waals surface area contributed by atoms with Crippen LogP contribution in [0.15, 0.2) is 0 Å². The summed E-state index contributed by atoms with van der Waals surface area (Å²) in [5.41, 5.74) is 0. The maximum absolute atomic E-state index is 11.7. The van der Waals surface area contributed by atoms with E-state index in [0.29, 0.717) is 33.0 Å². The number of rotatable bonds is 23. The van der Waals surface area contributed by atoms with Crippen molar-refractivity contribution in [2.24, 2.45) is 0 Å². The largest absolute Gasteiger partial charge is 0.480 e. The van der Waals surface area contributed by atoms with E-state index in [-0.39, 0.29) is 12.4 Å². The van der Waals surface area contributed by atoms with Gasteiger partial charge >= 0.3 is 18.2 Å². The monoisotopic (exact) mass is 526 g/mol. The van der Waals surface area contributed by atoms with Crippen LogP contribution in [-0.4, -0.2) is 87.5 Å². The Morgan fingerprint density at radius 1 is 0.794 bits per heavy atom. The molecule has 0 saturated heterocycles. The van der Waals surface area contributed by atoms with Gasteiger partial charge in [0, 0.05) is 18.9 Å². The maximum Gasteiger partial charge on any atom is 0.407 e. The van der Waals surface area contributed by atoms with E-state index in [2.05, 4.69) is 17.6 Å². The fourth-order valence-corrected chi connectivity index (χ4v) is 3.89. The summed E-state index contributed by atoms with van der Waals surface area (Å²) in [5.74, 6) is -0.798. The summed E-state index contributed by atoms with van der Waals surface area (Å²) >= 11 is 0. The standard InChI is InChI=1S/C22H42N2O8S2/c1-3-4-12-29-16-17-30-15-11-23-21(27)31-13-9-7-5-6-8-10-14-32-22(28)24-19(20(25)26)18-34-33-2/h19H,3-18H2,1-2H3,(H,23,27)(H,24,28)(H,25,26). The summed E-state index contributed by atoms with van der Waals surface area (Å²) in [4.78, 5) is 34.3. The van der Waals surface area contributed by atoms with Crippen LogP contribution in [-0.2, 0) is 23.7 Å². The number of carboxylic acids is 1. The van der Waals surface area contributed by atoms with Crippen LogP contribution in [0.5, 0.6) is 0 Å². The Kier molecular flexibility index (Phi) is 23.7. The van der Waals surface area contributed by atoms with E-state index in [1.165, 1.54) is 21.6 Å². The van der Waals surface area contributed by atoms with Crippen molar-refractivity contribution in [3.05, 3.63) is 0 Å². The first-order chi connectivity index (χ1) is 16.5. The molecule has 0 aromatic carbocycles. The first-order valence-electron chi connectivity index (χ1n) is 11.9. The van der Waals surface area contributed by atoms with E-state index in [0.717, 1.165) is 58.0 Å². The number of aliphatic carboxylic acids is 1. The molecule has 34 heavy (non-hydrogen) atoms. The molecule has 0 aromatic heterocycles. The normalized spacial score (nSPS) is 11.6. The van der Waals surface area contributed by atoms with E-state index in [9.17, 15) is 14.4 Å². The molecule has 0 spiro atoms. The van der Waals surface area contributed by atoms with Crippen molar-refractivity contribution in [3.8, 4) is 0 Å². The van der Waals surface area contributed by atoms with Gasteiger partial charge in [-0.3, -0.25) is 0 Å². The zero-order valence-corrected chi connectivity index (χ0v) is 22.1. The second kappa shape index (κ2) is 24.7. The molecule has 0 fully saturated rings. The molecule has 0 aromatic rings. The molecule has 0 aliphatic carbocycles. The number of unbranched alkanes of at least 4 members (excludes halogenated alkanes) is 6. The average molecular weight is 527 g/mol. The average Bonchev–Trinajstić information content (AvgIpc) is 2.81. The molecule has 3 N–H and O–H groups in total. The zero-order valence-electron chi connectivity index (χ0n) is 20.5. The molecular formula is C22H42N2O8S2. The van der Waals surface area contributed by atoms with Crippen molar-refractivity contribution in [3.63, 3.8) is 0 Å². The van der Waals surface area contributed by atoms with Crippen LogP contribution in [0, 0.1) is 0 Å².